The first-order valence-electron chi connectivity index (χ1n) is 5.48. The van der Waals surface area contributed by atoms with Crippen LogP contribution in [0.3, 0.4) is 0 Å². The minimum absolute atomic E-state index is 0.0393. The van der Waals surface area contributed by atoms with E-state index in [1.54, 1.807) is 6.26 Å². The van der Waals surface area contributed by atoms with Gasteiger partial charge in [0.2, 0.25) is 0 Å². The zero-order chi connectivity index (χ0) is 12.4. The predicted molar refractivity (Wildman–Crippen MR) is 66.7 cm³/mol. The molecule has 90 valence electrons. The summed E-state index contributed by atoms with van der Waals surface area (Å²) < 4.78 is 5.33. The molecule has 5 heteroatoms. The second-order valence-corrected chi connectivity index (χ2v) is 4.01. The Kier molecular flexibility index (Phi) is 2.99. The highest BCUT2D eigenvalue weighted by molar-refractivity contribution is 5.55. The smallest absolute Gasteiger partial charge is 0.135 e. The average Bonchev–Trinajstić information content (AvgIpc) is 2.78. The Morgan fingerprint density at radius 2 is 2.12 bits per heavy atom. The maximum absolute atomic E-state index is 5.80. The van der Waals surface area contributed by atoms with Crippen LogP contribution in [-0.2, 0) is 0 Å². The number of rotatable bonds is 3. The molecule has 0 aliphatic carbocycles. The number of nitrogens with two attached hydrogens (primary N) is 1. The first-order chi connectivity index (χ1) is 8.08. The summed E-state index contributed by atoms with van der Waals surface area (Å²) in [6, 6.07) is 3.82. The minimum Gasteiger partial charge on any atom is -0.467 e. The quantitative estimate of drug-likeness (QED) is 0.849. The summed E-state index contributed by atoms with van der Waals surface area (Å²) in [6.07, 6.45) is 1.65. The summed E-state index contributed by atoms with van der Waals surface area (Å²) in [5.41, 5.74) is 6.66. The van der Waals surface area contributed by atoms with Gasteiger partial charge in [0.05, 0.1) is 12.3 Å². The number of hydrogen-bond donors (Lipinski definition) is 2. The number of aromatic nitrogens is 2. The van der Waals surface area contributed by atoms with E-state index in [1.165, 1.54) is 0 Å². The lowest BCUT2D eigenvalue weighted by molar-refractivity contribution is 0.490. The molecule has 0 saturated carbocycles. The monoisotopic (exact) mass is 232 g/mol. The van der Waals surface area contributed by atoms with Gasteiger partial charge in [0, 0.05) is 5.56 Å². The van der Waals surface area contributed by atoms with Gasteiger partial charge >= 0.3 is 0 Å². The first-order valence-corrected chi connectivity index (χ1v) is 5.48. The van der Waals surface area contributed by atoms with Crippen LogP contribution in [0.5, 0.6) is 0 Å². The third kappa shape index (κ3) is 2.38. The molecule has 0 radical (unpaired) electrons. The molecule has 1 unspecified atom stereocenters. The van der Waals surface area contributed by atoms with Gasteiger partial charge < -0.3 is 15.5 Å². The highest BCUT2D eigenvalue weighted by atomic mass is 16.3. The fourth-order valence-corrected chi connectivity index (χ4v) is 1.60. The molecule has 2 rings (SSSR count). The standard InChI is InChI=1S/C12H16N4O/c1-7-11(13)15-9(3)16-12(7)14-8(2)10-5-4-6-17-10/h4-6,8H,1-3H3,(H3,13,14,15,16). The lowest BCUT2D eigenvalue weighted by Gasteiger charge is -2.15. The van der Waals surface area contributed by atoms with Gasteiger partial charge in [0.15, 0.2) is 0 Å². The Bertz CT molecular complexity index is 507. The predicted octanol–water partition coefficient (Wildman–Crippen LogP) is 2.44. The lowest BCUT2D eigenvalue weighted by Crippen LogP contribution is -2.11. The SMILES string of the molecule is Cc1nc(N)c(C)c(NC(C)c2ccco2)n1. The maximum Gasteiger partial charge on any atom is 0.135 e. The topological polar surface area (TPSA) is 77.0 Å². The zero-order valence-electron chi connectivity index (χ0n) is 10.2. The molecule has 2 heterocycles. The van der Waals surface area contributed by atoms with Crippen LogP contribution in [0.15, 0.2) is 22.8 Å². The van der Waals surface area contributed by atoms with Gasteiger partial charge in [-0.25, -0.2) is 9.97 Å². The van der Waals surface area contributed by atoms with E-state index in [0.717, 1.165) is 17.1 Å². The fraction of sp³-hybridized carbons (Fsp3) is 0.333. The zero-order valence-corrected chi connectivity index (χ0v) is 10.2. The molecule has 0 fully saturated rings. The summed E-state index contributed by atoms with van der Waals surface area (Å²) in [4.78, 5) is 8.45. The van der Waals surface area contributed by atoms with Crippen molar-refractivity contribution in [3.8, 4) is 0 Å². The van der Waals surface area contributed by atoms with Gasteiger partial charge in [0.1, 0.15) is 23.2 Å². The van der Waals surface area contributed by atoms with Crippen molar-refractivity contribution < 1.29 is 4.42 Å². The molecule has 0 spiro atoms. The Morgan fingerprint density at radius 1 is 1.35 bits per heavy atom. The molecule has 0 saturated heterocycles. The number of nitrogen functional groups attached to an aromatic ring is 1. The van der Waals surface area contributed by atoms with Crippen LogP contribution >= 0.6 is 0 Å². The summed E-state index contributed by atoms with van der Waals surface area (Å²) in [7, 11) is 0. The van der Waals surface area contributed by atoms with Crippen LogP contribution in [0.4, 0.5) is 11.6 Å². The maximum atomic E-state index is 5.80. The van der Waals surface area contributed by atoms with Crippen molar-refractivity contribution in [2.24, 2.45) is 0 Å². The highest BCUT2D eigenvalue weighted by Crippen LogP contribution is 2.23. The fourth-order valence-electron chi connectivity index (χ4n) is 1.60. The molecule has 2 aromatic rings. The summed E-state index contributed by atoms with van der Waals surface area (Å²) in [5.74, 6) is 2.77. The van der Waals surface area contributed by atoms with E-state index in [9.17, 15) is 0 Å². The molecule has 3 N–H and O–H groups in total. The van der Waals surface area contributed by atoms with Crippen molar-refractivity contribution in [1.29, 1.82) is 0 Å². The average molecular weight is 232 g/mol. The molecule has 0 aromatic carbocycles. The normalized spacial score (nSPS) is 12.4. The molecule has 0 aliphatic heterocycles. The van der Waals surface area contributed by atoms with Crippen molar-refractivity contribution in [2.75, 3.05) is 11.1 Å². The number of nitrogens with one attached hydrogen (secondary N) is 1. The number of nitrogens with zero attached hydrogens (tertiary/aromatic N) is 2. The van der Waals surface area contributed by atoms with E-state index in [0.29, 0.717) is 11.6 Å². The van der Waals surface area contributed by atoms with Crippen molar-refractivity contribution in [3.05, 3.63) is 35.5 Å². The molecule has 0 amide bonds. The Hall–Kier alpha value is -2.04. The molecule has 5 nitrogen and oxygen atoms in total. The van der Waals surface area contributed by atoms with E-state index in [2.05, 4.69) is 15.3 Å². The molecule has 2 aromatic heterocycles. The highest BCUT2D eigenvalue weighted by Gasteiger charge is 2.12. The van der Waals surface area contributed by atoms with E-state index in [1.807, 2.05) is 32.9 Å². The van der Waals surface area contributed by atoms with Gasteiger partial charge in [0.25, 0.3) is 0 Å². The molecular weight excluding hydrogens is 216 g/mol. The van der Waals surface area contributed by atoms with Crippen LogP contribution in [0.1, 0.15) is 30.1 Å². The first kappa shape index (κ1) is 11.4. The van der Waals surface area contributed by atoms with Crippen LogP contribution < -0.4 is 11.1 Å². The number of aryl methyl sites for hydroxylation is 1. The van der Waals surface area contributed by atoms with E-state index in [-0.39, 0.29) is 6.04 Å². The van der Waals surface area contributed by atoms with Crippen LogP contribution in [0.2, 0.25) is 0 Å². The van der Waals surface area contributed by atoms with Gasteiger partial charge in [-0.05, 0) is 32.9 Å². The van der Waals surface area contributed by atoms with E-state index in [4.69, 9.17) is 10.2 Å². The summed E-state index contributed by atoms with van der Waals surface area (Å²) in [5, 5.41) is 3.27. The number of anilines is 2. The molecular formula is C12H16N4O. The molecule has 0 bridgehead atoms. The summed E-state index contributed by atoms with van der Waals surface area (Å²) >= 11 is 0. The lowest BCUT2D eigenvalue weighted by atomic mass is 10.2. The van der Waals surface area contributed by atoms with Crippen molar-refractivity contribution in [1.82, 2.24) is 9.97 Å². The van der Waals surface area contributed by atoms with Gasteiger partial charge in [-0.1, -0.05) is 0 Å². The van der Waals surface area contributed by atoms with Crippen molar-refractivity contribution in [2.45, 2.75) is 26.8 Å². The minimum atomic E-state index is 0.0393. The van der Waals surface area contributed by atoms with E-state index >= 15 is 0 Å². The van der Waals surface area contributed by atoms with Gasteiger partial charge in [-0.2, -0.15) is 0 Å². The largest absolute Gasteiger partial charge is 0.467 e. The Morgan fingerprint density at radius 3 is 2.76 bits per heavy atom. The molecule has 1 atom stereocenters. The molecule has 17 heavy (non-hydrogen) atoms. The van der Waals surface area contributed by atoms with Crippen LogP contribution in [0.25, 0.3) is 0 Å². The third-order valence-electron chi connectivity index (χ3n) is 2.62. The number of hydrogen-bond acceptors (Lipinski definition) is 5. The van der Waals surface area contributed by atoms with Crippen molar-refractivity contribution in [3.63, 3.8) is 0 Å². The molecule has 0 aliphatic rings. The van der Waals surface area contributed by atoms with Crippen LogP contribution in [-0.4, -0.2) is 9.97 Å². The van der Waals surface area contributed by atoms with Gasteiger partial charge in [-0.15, -0.1) is 0 Å². The summed E-state index contributed by atoms with van der Waals surface area (Å²) in [6.45, 7) is 5.72. The van der Waals surface area contributed by atoms with Crippen molar-refractivity contribution >= 4 is 11.6 Å². The Labute approximate surface area is 100 Å². The van der Waals surface area contributed by atoms with E-state index < -0.39 is 0 Å². The number of furan rings is 1. The second-order valence-electron chi connectivity index (χ2n) is 4.01. The second kappa shape index (κ2) is 4.45. The third-order valence-corrected chi connectivity index (χ3v) is 2.62. The van der Waals surface area contributed by atoms with Gasteiger partial charge in [-0.3, -0.25) is 0 Å². The Balaban J connectivity index is 2.24. The van der Waals surface area contributed by atoms with Crippen LogP contribution in [0, 0.1) is 13.8 Å².